The lowest BCUT2D eigenvalue weighted by molar-refractivity contribution is 0.469. The van der Waals surface area contributed by atoms with Crippen molar-refractivity contribution in [1.29, 1.82) is 0 Å². The van der Waals surface area contributed by atoms with E-state index in [9.17, 15) is 0 Å². The van der Waals surface area contributed by atoms with Gasteiger partial charge >= 0.3 is 0 Å². The molecule has 0 heterocycles. The van der Waals surface area contributed by atoms with E-state index < -0.39 is 0 Å². The van der Waals surface area contributed by atoms with Gasteiger partial charge in [-0.15, -0.1) is 0 Å². The second kappa shape index (κ2) is 7.17. The van der Waals surface area contributed by atoms with E-state index in [0.29, 0.717) is 17.6 Å². The van der Waals surface area contributed by atoms with Gasteiger partial charge in [-0.1, -0.05) is 43.1 Å². The van der Waals surface area contributed by atoms with Gasteiger partial charge in [-0.25, -0.2) is 0 Å². The predicted octanol–water partition coefficient (Wildman–Crippen LogP) is 5.59. The summed E-state index contributed by atoms with van der Waals surface area (Å²) in [5, 5.41) is 4.80. The molecule has 112 valence electrons. The summed E-state index contributed by atoms with van der Waals surface area (Å²) in [6.45, 7) is 6.81. The monoisotopic (exact) mass is 323 g/mol. The van der Waals surface area contributed by atoms with Crippen LogP contribution in [-0.2, 0) is 6.54 Å². The summed E-state index contributed by atoms with van der Waals surface area (Å²) in [4.78, 5) is 0. The van der Waals surface area contributed by atoms with Crippen LogP contribution in [0.25, 0.3) is 0 Å². The molecule has 0 saturated heterocycles. The van der Waals surface area contributed by atoms with Crippen molar-refractivity contribution in [2.75, 3.05) is 0 Å². The Kier molecular flexibility index (Phi) is 5.51. The molecule has 0 fully saturated rings. The zero-order valence-electron chi connectivity index (χ0n) is 12.4. The Labute approximate surface area is 136 Å². The van der Waals surface area contributed by atoms with Crippen molar-refractivity contribution in [3.8, 4) is 11.5 Å². The molecular weight excluding hydrogens is 305 g/mol. The molecule has 0 bridgehead atoms. The summed E-state index contributed by atoms with van der Waals surface area (Å²) in [5.74, 6) is 1.52. The Morgan fingerprint density at radius 3 is 2.52 bits per heavy atom. The van der Waals surface area contributed by atoms with Crippen molar-refractivity contribution in [3.05, 3.63) is 57.6 Å². The fraction of sp³-hybridized carbons (Fsp3) is 0.294. The van der Waals surface area contributed by atoms with Crippen LogP contribution in [-0.4, -0.2) is 6.04 Å². The van der Waals surface area contributed by atoms with Gasteiger partial charge in [-0.05, 0) is 42.8 Å². The maximum Gasteiger partial charge on any atom is 0.133 e. The Morgan fingerprint density at radius 2 is 1.86 bits per heavy atom. The van der Waals surface area contributed by atoms with Gasteiger partial charge in [0.15, 0.2) is 0 Å². The first kappa shape index (κ1) is 16.2. The minimum atomic E-state index is 0.381. The molecule has 21 heavy (non-hydrogen) atoms. The largest absolute Gasteiger partial charge is 0.457 e. The Bertz CT molecular complexity index is 626. The molecule has 1 N–H and O–H groups in total. The molecule has 0 atom stereocenters. The van der Waals surface area contributed by atoms with Crippen molar-refractivity contribution < 1.29 is 4.74 Å². The van der Waals surface area contributed by atoms with E-state index in [1.54, 1.807) is 0 Å². The summed E-state index contributed by atoms with van der Waals surface area (Å²) < 4.78 is 5.98. The maximum absolute atomic E-state index is 6.29. The van der Waals surface area contributed by atoms with E-state index in [1.807, 2.05) is 43.3 Å². The van der Waals surface area contributed by atoms with Crippen LogP contribution < -0.4 is 10.1 Å². The number of rotatable bonds is 5. The van der Waals surface area contributed by atoms with Gasteiger partial charge in [0.2, 0.25) is 0 Å². The first-order chi connectivity index (χ1) is 9.97. The highest BCUT2D eigenvalue weighted by molar-refractivity contribution is 6.31. The van der Waals surface area contributed by atoms with Crippen molar-refractivity contribution in [3.63, 3.8) is 0 Å². The summed E-state index contributed by atoms with van der Waals surface area (Å²) in [6.07, 6.45) is 0. The molecular formula is C17H19Cl2NO. The van der Waals surface area contributed by atoms with Gasteiger partial charge in [-0.3, -0.25) is 0 Å². The summed E-state index contributed by atoms with van der Waals surface area (Å²) in [5.41, 5.74) is 1.94. The summed E-state index contributed by atoms with van der Waals surface area (Å²) in [6, 6.07) is 11.7. The van der Waals surface area contributed by atoms with Crippen molar-refractivity contribution >= 4 is 23.2 Å². The van der Waals surface area contributed by atoms with Crippen LogP contribution in [0.3, 0.4) is 0 Å². The van der Waals surface area contributed by atoms with E-state index in [0.717, 1.165) is 27.6 Å². The second-order valence-corrected chi connectivity index (χ2v) is 6.08. The number of hydrogen-bond donors (Lipinski definition) is 1. The normalized spacial score (nSPS) is 11.0. The topological polar surface area (TPSA) is 21.3 Å². The Balaban J connectivity index is 2.26. The van der Waals surface area contributed by atoms with Crippen LogP contribution in [0.4, 0.5) is 0 Å². The Hall–Kier alpha value is -1.22. The highest BCUT2D eigenvalue weighted by Gasteiger charge is 2.10. The molecule has 4 heteroatoms. The predicted molar refractivity (Wildman–Crippen MR) is 89.7 cm³/mol. The lowest BCUT2D eigenvalue weighted by Crippen LogP contribution is -2.22. The Morgan fingerprint density at radius 1 is 1.10 bits per heavy atom. The third-order valence-electron chi connectivity index (χ3n) is 3.12. The number of halogens is 2. The molecule has 0 aliphatic heterocycles. The van der Waals surface area contributed by atoms with E-state index in [2.05, 4.69) is 19.2 Å². The average Bonchev–Trinajstić information content (AvgIpc) is 2.42. The van der Waals surface area contributed by atoms with E-state index in [1.165, 1.54) is 0 Å². The van der Waals surface area contributed by atoms with Crippen molar-refractivity contribution in [1.82, 2.24) is 5.32 Å². The zero-order valence-corrected chi connectivity index (χ0v) is 13.9. The molecule has 2 nitrogen and oxygen atoms in total. The van der Waals surface area contributed by atoms with Crippen LogP contribution in [0.5, 0.6) is 11.5 Å². The quantitative estimate of drug-likeness (QED) is 0.774. The molecule has 0 aliphatic rings. The van der Waals surface area contributed by atoms with Gasteiger partial charge in [0, 0.05) is 28.2 Å². The van der Waals surface area contributed by atoms with Crippen molar-refractivity contribution in [2.45, 2.75) is 33.4 Å². The summed E-state index contributed by atoms with van der Waals surface area (Å²) in [7, 11) is 0. The smallest absolute Gasteiger partial charge is 0.133 e. The molecule has 0 radical (unpaired) electrons. The number of hydrogen-bond acceptors (Lipinski definition) is 2. The van der Waals surface area contributed by atoms with Crippen LogP contribution in [0.1, 0.15) is 25.0 Å². The highest BCUT2D eigenvalue weighted by atomic mass is 35.5. The maximum atomic E-state index is 6.29. The van der Waals surface area contributed by atoms with Gasteiger partial charge in [0.25, 0.3) is 0 Å². The molecule has 0 aliphatic carbocycles. The van der Waals surface area contributed by atoms with Gasteiger partial charge in [0.05, 0.1) is 0 Å². The van der Waals surface area contributed by atoms with Crippen LogP contribution in [0.15, 0.2) is 36.4 Å². The minimum Gasteiger partial charge on any atom is -0.457 e. The first-order valence-corrected chi connectivity index (χ1v) is 7.67. The van der Waals surface area contributed by atoms with Gasteiger partial charge in [-0.2, -0.15) is 0 Å². The third-order valence-corrected chi connectivity index (χ3v) is 3.90. The number of benzene rings is 2. The SMILES string of the molecule is Cc1cc(Oc2cccc(Cl)c2CNC(C)C)ccc1Cl. The molecule has 0 unspecified atom stereocenters. The van der Waals surface area contributed by atoms with Crippen LogP contribution in [0, 0.1) is 6.92 Å². The van der Waals surface area contributed by atoms with Gasteiger partial charge < -0.3 is 10.1 Å². The second-order valence-electron chi connectivity index (χ2n) is 5.27. The van der Waals surface area contributed by atoms with E-state index in [-0.39, 0.29) is 0 Å². The molecule has 0 aromatic heterocycles. The van der Waals surface area contributed by atoms with Crippen molar-refractivity contribution in [2.24, 2.45) is 0 Å². The lowest BCUT2D eigenvalue weighted by Gasteiger charge is -2.15. The molecule has 2 aromatic rings. The van der Waals surface area contributed by atoms with E-state index in [4.69, 9.17) is 27.9 Å². The zero-order chi connectivity index (χ0) is 15.4. The molecule has 0 amide bonds. The van der Waals surface area contributed by atoms with Gasteiger partial charge in [0.1, 0.15) is 11.5 Å². The number of ether oxygens (including phenoxy) is 1. The molecule has 2 rings (SSSR count). The molecule has 2 aromatic carbocycles. The minimum absolute atomic E-state index is 0.381. The number of aryl methyl sites for hydroxylation is 1. The third kappa shape index (κ3) is 4.37. The summed E-state index contributed by atoms with van der Waals surface area (Å²) >= 11 is 12.3. The highest BCUT2D eigenvalue weighted by Crippen LogP contribution is 2.32. The fourth-order valence-electron chi connectivity index (χ4n) is 1.92. The fourth-order valence-corrected chi connectivity index (χ4v) is 2.27. The molecule has 0 spiro atoms. The standard InChI is InChI=1S/C17H19Cl2NO/c1-11(2)20-10-14-16(19)5-4-6-17(14)21-13-7-8-15(18)12(3)9-13/h4-9,11,20H,10H2,1-3H3. The number of nitrogens with one attached hydrogen (secondary N) is 1. The average molecular weight is 324 g/mol. The van der Waals surface area contributed by atoms with E-state index >= 15 is 0 Å². The molecule has 0 saturated carbocycles. The lowest BCUT2D eigenvalue weighted by atomic mass is 10.2. The first-order valence-electron chi connectivity index (χ1n) is 6.92. The van der Waals surface area contributed by atoms with Crippen LogP contribution in [0.2, 0.25) is 10.0 Å². The van der Waals surface area contributed by atoms with Crippen LogP contribution >= 0.6 is 23.2 Å².